The fourth-order valence-electron chi connectivity index (χ4n) is 3.06. The largest absolute Gasteiger partial charge is 0.368 e. The lowest BCUT2D eigenvalue weighted by Crippen LogP contribution is -2.49. The zero-order chi connectivity index (χ0) is 19.2. The van der Waals surface area contributed by atoms with E-state index in [0.29, 0.717) is 17.6 Å². The number of carbonyl (C=O) groups is 2. The second-order valence-corrected chi connectivity index (χ2v) is 7.25. The summed E-state index contributed by atoms with van der Waals surface area (Å²) in [6, 6.07) is 14.3. The quantitative estimate of drug-likeness (QED) is 0.787. The van der Waals surface area contributed by atoms with Gasteiger partial charge < -0.3 is 15.1 Å². The molecule has 142 valence electrons. The van der Waals surface area contributed by atoms with Crippen molar-refractivity contribution in [2.45, 2.75) is 6.42 Å². The van der Waals surface area contributed by atoms with Crippen LogP contribution in [0.5, 0.6) is 0 Å². The molecule has 0 aromatic heterocycles. The summed E-state index contributed by atoms with van der Waals surface area (Å²) in [4.78, 5) is 28.5. The summed E-state index contributed by atoms with van der Waals surface area (Å²) in [5.41, 5.74) is 1.13. The molecular formula is C20H21BrFN3O2. The Morgan fingerprint density at radius 2 is 1.74 bits per heavy atom. The number of hydrogen-bond acceptors (Lipinski definition) is 3. The third kappa shape index (κ3) is 5.07. The Kier molecular flexibility index (Phi) is 6.45. The van der Waals surface area contributed by atoms with E-state index in [2.05, 4.69) is 38.3 Å². The Bertz CT molecular complexity index is 808. The number of benzene rings is 2. The topological polar surface area (TPSA) is 52.7 Å². The summed E-state index contributed by atoms with van der Waals surface area (Å²) >= 11 is 3.22. The van der Waals surface area contributed by atoms with E-state index in [0.717, 1.165) is 18.8 Å². The van der Waals surface area contributed by atoms with Crippen LogP contribution in [0.3, 0.4) is 0 Å². The third-order valence-electron chi connectivity index (χ3n) is 4.55. The Morgan fingerprint density at radius 1 is 1.04 bits per heavy atom. The summed E-state index contributed by atoms with van der Waals surface area (Å²) in [5.74, 6) is -1.10. The van der Waals surface area contributed by atoms with Gasteiger partial charge in [0.25, 0.3) is 5.91 Å². The number of amides is 2. The predicted molar refractivity (Wildman–Crippen MR) is 106 cm³/mol. The van der Waals surface area contributed by atoms with Crippen molar-refractivity contribution in [2.24, 2.45) is 0 Å². The van der Waals surface area contributed by atoms with Crippen molar-refractivity contribution in [3.63, 3.8) is 0 Å². The van der Waals surface area contributed by atoms with Crippen LogP contribution >= 0.6 is 15.9 Å². The molecule has 0 bridgehead atoms. The maximum Gasteiger partial charge on any atom is 0.254 e. The van der Waals surface area contributed by atoms with Crippen LogP contribution in [0.25, 0.3) is 0 Å². The molecule has 0 aliphatic carbocycles. The second-order valence-electron chi connectivity index (χ2n) is 6.33. The molecule has 1 saturated heterocycles. The van der Waals surface area contributed by atoms with Crippen LogP contribution < -0.4 is 10.2 Å². The van der Waals surface area contributed by atoms with Gasteiger partial charge in [-0.1, -0.05) is 34.1 Å². The highest BCUT2D eigenvalue weighted by Gasteiger charge is 2.21. The van der Waals surface area contributed by atoms with E-state index in [-0.39, 0.29) is 24.4 Å². The van der Waals surface area contributed by atoms with Crippen LogP contribution in [0.2, 0.25) is 0 Å². The number of para-hydroxylation sites is 1. The Hall–Kier alpha value is -2.41. The Labute approximate surface area is 166 Å². The summed E-state index contributed by atoms with van der Waals surface area (Å²) in [7, 11) is 0. The van der Waals surface area contributed by atoms with Crippen molar-refractivity contribution in [3.05, 3.63) is 64.4 Å². The molecule has 5 nitrogen and oxygen atoms in total. The van der Waals surface area contributed by atoms with Gasteiger partial charge in [0.15, 0.2) is 0 Å². The minimum atomic E-state index is -0.584. The molecular weight excluding hydrogens is 413 g/mol. The Morgan fingerprint density at radius 3 is 2.44 bits per heavy atom. The van der Waals surface area contributed by atoms with E-state index in [9.17, 15) is 14.0 Å². The van der Waals surface area contributed by atoms with Crippen LogP contribution in [0.4, 0.5) is 10.1 Å². The molecule has 3 rings (SSSR count). The zero-order valence-corrected chi connectivity index (χ0v) is 16.4. The fraction of sp³-hybridized carbons (Fsp3) is 0.300. The molecule has 1 N–H and O–H groups in total. The molecule has 27 heavy (non-hydrogen) atoms. The first-order valence-corrected chi connectivity index (χ1v) is 9.65. The monoisotopic (exact) mass is 433 g/mol. The molecule has 0 radical (unpaired) electrons. The van der Waals surface area contributed by atoms with E-state index in [1.807, 2.05) is 23.1 Å². The van der Waals surface area contributed by atoms with Crippen molar-refractivity contribution < 1.29 is 14.0 Å². The van der Waals surface area contributed by atoms with Gasteiger partial charge in [0.05, 0.1) is 5.56 Å². The molecule has 0 unspecified atom stereocenters. The van der Waals surface area contributed by atoms with Crippen molar-refractivity contribution >= 4 is 33.4 Å². The van der Waals surface area contributed by atoms with E-state index in [1.54, 1.807) is 0 Å². The van der Waals surface area contributed by atoms with E-state index >= 15 is 0 Å². The normalized spacial score (nSPS) is 14.1. The lowest BCUT2D eigenvalue weighted by Gasteiger charge is -2.36. The van der Waals surface area contributed by atoms with Gasteiger partial charge >= 0.3 is 0 Å². The number of nitrogens with one attached hydrogen (secondary N) is 1. The van der Waals surface area contributed by atoms with Crippen LogP contribution in [-0.4, -0.2) is 49.4 Å². The minimum absolute atomic E-state index is 0.00211. The maximum absolute atomic E-state index is 13.7. The van der Waals surface area contributed by atoms with Crippen LogP contribution in [-0.2, 0) is 4.79 Å². The third-order valence-corrected chi connectivity index (χ3v) is 5.04. The van der Waals surface area contributed by atoms with E-state index in [4.69, 9.17) is 0 Å². The lowest BCUT2D eigenvalue weighted by atomic mass is 10.2. The second kappa shape index (κ2) is 8.99. The summed E-state index contributed by atoms with van der Waals surface area (Å²) in [5, 5.41) is 2.61. The van der Waals surface area contributed by atoms with Crippen LogP contribution in [0.1, 0.15) is 16.8 Å². The molecule has 7 heteroatoms. The van der Waals surface area contributed by atoms with Gasteiger partial charge in [-0.15, -0.1) is 0 Å². The number of carbonyl (C=O) groups excluding carboxylic acids is 2. The van der Waals surface area contributed by atoms with Gasteiger partial charge in [-0.2, -0.15) is 0 Å². The number of piperazine rings is 1. The zero-order valence-electron chi connectivity index (χ0n) is 14.8. The van der Waals surface area contributed by atoms with Gasteiger partial charge in [0.1, 0.15) is 5.82 Å². The van der Waals surface area contributed by atoms with Crippen LogP contribution in [0.15, 0.2) is 53.0 Å². The van der Waals surface area contributed by atoms with E-state index < -0.39 is 11.7 Å². The van der Waals surface area contributed by atoms with Gasteiger partial charge in [-0.3, -0.25) is 9.59 Å². The number of nitrogens with zero attached hydrogens (tertiary/aromatic N) is 2. The molecule has 0 spiro atoms. The molecule has 1 heterocycles. The first-order valence-electron chi connectivity index (χ1n) is 8.85. The van der Waals surface area contributed by atoms with Crippen LogP contribution in [0, 0.1) is 5.82 Å². The number of anilines is 1. The first-order chi connectivity index (χ1) is 13.0. The summed E-state index contributed by atoms with van der Waals surface area (Å²) in [6.45, 7) is 3.06. The molecule has 2 amide bonds. The highest BCUT2D eigenvalue weighted by Crippen LogP contribution is 2.17. The first kappa shape index (κ1) is 19.4. The smallest absolute Gasteiger partial charge is 0.254 e. The molecule has 0 saturated carbocycles. The van der Waals surface area contributed by atoms with Gasteiger partial charge in [-0.25, -0.2) is 4.39 Å². The summed E-state index contributed by atoms with van der Waals surface area (Å²) < 4.78 is 14.3. The van der Waals surface area contributed by atoms with E-state index in [1.165, 1.54) is 18.2 Å². The van der Waals surface area contributed by atoms with Crippen molar-refractivity contribution in [1.29, 1.82) is 0 Å². The average Bonchev–Trinajstić information content (AvgIpc) is 2.70. The van der Waals surface area contributed by atoms with Gasteiger partial charge in [0.2, 0.25) is 5.91 Å². The molecule has 0 atom stereocenters. The van der Waals surface area contributed by atoms with Crippen molar-refractivity contribution in [2.75, 3.05) is 37.6 Å². The summed E-state index contributed by atoms with van der Waals surface area (Å²) in [6.07, 6.45) is 0.201. The predicted octanol–water partition coefficient (Wildman–Crippen LogP) is 3.06. The van der Waals surface area contributed by atoms with Gasteiger partial charge in [0, 0.05) is 49.3 Å². The fourth-order valence-corrected chi connectivity index (χ4v) is 3.42. The highest BCUT2D eigenvalue weighted by molar-refractivity contribution is 9.10. The molecule has 1 fully saturated rings. The lowest BCUT2D eigenvalue weighted by molar-refractivity contribution is -0.131. The SMILES string of the molecule is O=C(NCCC(=O)N1CCN(c2ccccc2)CC1)c1cc(Br)ccc1F. The number of rotatable bonds is 5. The molecule has 1 aliphatic rings. The molecule has 2 aromatic rings. The number of halogens is 2. The number of hydrogen-bond donors (Lipinski definition) is 1. The van der Waals surface area contributed by atoms with Crippen molar-refractivity contribution in [3.8, 4) is 0 Å². The minimum Gasteiger partial charge on any atom is -0.368 e. The average molecular weight is 434 g/mol. The molecule has 1 aliphatic heterocycles. The Balaban J connectivity index is 1.44. The highest BCUT2D eigenvalue weighted by atomic mass is 79.9. The van der Waals surface area contributed by atoms with Gasteiger partial charge in [-0.05, 0) is 30.3 Å². The molecule has 2 aromatic carbocycles. The van der Waals surface area contributed by atoms with Crippen molar-refractivity contribution in [1.82, 2.24) is 10.2 Å². The standard InChI is InChI=1S/C20H21BrFN3O2/c21-15-6-7-18(22)17(14-15)20(27)23-9-8-19(26)25-12-10-24(11-13-25)16-4-2-1-3-5-16/h1-7,14H,8-13H2,(H,23,27). The maximum atomic E-state index is 13.7.